The van der Waals surface area contributed by atoms with E-state index in [9.17, 15) is 9.59 Å². The Labute approximate surface area is 164 Å². The first-order valence-corrected chi connectivity index (χ1v) is 9.02. The van der Waals surface area contributed by atoms with E-state index in [4.69, 9.17) is 9.47 Å². The van der Waals surface area contributed by atoms with Crippen molar-refractivity contribution in [1.29, 1.82) is 0 Å². The molecule has 0 aliphatic rings. The fraction of sp³-hybridized carbons (Fsp3) is 0.889. The van der Waals surface area contributed by atoms with Gasteiger partial charge in [-0.05, 0) is 25.7 Å². The van der Waals surface area contributed by atoms with Crippen molar-refractivity contribution in [2.24, 2.45) is 0 Å². The van der Waals surface area contributed by atoms with Gasteiger partial charge in [0.2, 0.25) is 0 Å². The van der Waals surface area contributed by atoms with Crippen LogP contribution in [0.1, 0.15) is 90.9 Å². The van der Waals surface area contributed by atoms with Gasteiger partial charge < -0.3 is 9.47 Å². The molecule has 0 unspecified atom stereocenters. The molecule has 0 saturated carbocycles. The second-order valence-electron chi connectivity index (χ2n) is 5.77. The summed E-state index contributed by atoms with van der Waals surface area (Å²) in [6.45, 7) is 5.36. The molecule has 0 aromatic carbocycles. The van der Waals surface area contributed by atoms with Crippen LogP contribution in [0.4, 0.5) is 0 Å². The maximum atomic E-state index is 11.5. The summed E-state index contributed by atoms with van der Waals surface area (Å²) in [4.78, 5) is 22.9. The zero-order valence-corrected chi connectivity index (χ0v) is 17.5. The van der Waals surface area contributed by atoms with Crippen molar-refractivity contribution in [3.63, 3.8) is 0 Å². The minimum Gasteiger partial charge on any atom is -0.466 e. The van der Waals surface area contributed by atoms with Crippen molar-refractivity contribution in [3.05, 3.63) is 0 Å². The number of unbranched alkanes of at least 4 members (excludes halogenated alkanes) is 7. The summed E-state index contributed by atoms with van der Waals surface area (Å²) < 4.78 is 10.3. The van der Waals surface area contributed by atoms with Crippen LogP contribution in [0, 0.1) is 0 Å². The normalized spacial score (nSPS) is 10.0. The van der Waals surface area contributed by atoms with E-state index in [0.717, 1.165) is 25.7 Å². The molecule has 0 heterocycles. The Bertz CT molecular complexity index is 254. The Morgan fingerprint density at radius 3 is 1.35 bits per heavy atom. The van der Waals surface area contributed by atoms with E-state index in [1.54, 1.807) is 0 Å². The molecular weight excluding hydrogens is 303 g/mol. The molecule has 0 amide bonds. The Hall–Kier alpha value is -0.0600. The minimum absolute atomic E-state index is 0. The van der Waals surface area contributed by atoms with Crippen LogP contribution >= 0.6 is 0 Å². The predicted molar refractivity (Wildman–Crippen MR) is 94.4 cm³/mol. The van der Waals surface area contributed by atoms with E-state index in [2.05, 4.69) is 13.8 Å². The molecular formula is C18H34NaO4. The number of carbonyl (C=O) groups is 2. The maximum absolute atomic E-state index is 11.5. The summed E-state index contributed by atoms with van der Waals surface area (Å²) in [5.74, 6) is -0.297. The quantitative estimate of drug-likeness (QED) is 0.252. The molecule has 0 aromatic heterocycles. The molecule has 1 radical (unpaired) electrons. The number of hydrogen-bond donors (Lipinski definition) is 0. The molecule has 0 bridgehead atoms. The summed E-state index contributed by atoms with van der Waals surface area (Å²) >= 11 is 0. The van der Waals surface area contributed by atoms with Gasteiger partial charge in [-0.2, -0.15) is 0 Å². The van der Waals surface area contributed by atoms with Gasteiger partial charge in [0.05, 0.1) is 13.2 Å². The summed E-state index contributed by atoms with van der Waals surface area (Å²) in [5, 5.41) is 0. The van der Waals surface area contributed by atoms with E-state index < -0.39 is 0 Å². The number of ether oxygens (including phenoxy) is 2. The Balaban J connectivity index is 0. The second kappa shape index (κ2) is 20.0. The van der Waals surface area contributed by atoms with Gasteiger partial charge in [-0.1, -0.05) is 52.4 Å². The molecule has 0 aliphatic heterocycles. The standard InChI is InChI=1S/C18H34O4.Na/c1-3-5-7-11-15-21-17(19)13-9-10-14-18(20)22-16-12-8-6-4-2;/h3-16H2,1-2H3;. The third kappa shape index (κ3) is 19.9. The molecule has 0 spiro atoms. The first-order valence-electron chi connectivity index (χ1n) is 9.02. The molecule has 0 aromatic rings. The van der Waals surface area contributed by atoms with Crippen LogP contribution in [-0.2, 0) is 19.1 Å². The second-order valence-corrected chi connectivity index (χ2v) is 5.77. The van der Waals surface area contributed by atoms with Gasteiger partial charge in [0.1, 0.15) is 0 Å². The third-order valence-electron chi connectivity index (χ3n) is 3.53. The van der Waals surface area contributed by atoms with Crippen molar-refractivity contribution in [3.8, 4) is 0 Å². The first-order chi connectivity index (χ1) is 10.7. The monoisotopic (exact) mass is 337 g/mol. The average Bonchev–Trinajstić information content (AvgIpc) is 2.51. The van der Waals surface area contributed by atoms with Crippen molar-refractivity contribution < 1.29 is 19.1 Å². The molecule has 0 N–H and O–H groups in total. The summed E-state index contributed by atoms with van der Waals surface area (Å²) in [7, 11) is 0. The zero-order chi connectivity index (χ0) is 16.5. The Morgan fingerprint density at radius 2 is 1.00 bits per heavy atom. The Kier molecular flexibility index (Phi) is 21.9. The van der Waals surface area contributed by atoms with E-state index >= 15 is 0 Å². The summed E-state index contributed by atoms with van der Waals surface area (Å²) in [5.41, 5.74) is 0. The van der Waals surface area contributed by atoms with Crippen LogP contribution in [0.5, 0.6) is 0 Å². The predicted octanol–water partition coefficient (Wildman–Crippen LogP) is 4.41. The summed E-state index contributed by atoms with van der Waals surface area (Å²) in [6.07, 6.45) is 11.1. The van der Waals surface area contributed by atoms with Crippen molar-refractivity contribution in [2.45, 2.75) is 90.9 Å². The SMILES string of the molecule is CCCCCCOC(=O)CCCCC(=O)OCCCCCC.[Na]. The molecule has 0 aliphatic carbocycles. The fourth-order valence-electron chi connectivity index (χ4n) is 2.11. The van der Waals surface area contributed by atoms with Crippen molar-refractivity contribution in [2.75, 3.05) is 13.2 Å². The van der Waals surface area contributed by atoms with E-state index in [1.165, 1.54) is 25.7 Å². The first kappa shape index (κ1) is 25.2. The molecule has 4 nitrogen and oxygen atoms in total. The molecule has 0 rings (SSSR count). The molecule has 131 valence electrons. The van der Waals surface area contributed by atoms with Gasteiger partial charge in [0.15, 0.2) is 0 Å². The number of rotatable bonds is 15. The minimum atomic E-state index is -0.149. The molecule has 0 atom stereocenters. The van der Waals surface area contributed by atoms with Crippen molar-refractivity contribution in [1.82, 2.24) is 0 Å². The molecule has 0 saturated heterocycles. The molecule has 5 heteroatoms. The summed E-state index contributed by atoms with van der Waals surface area (Å²) in [6, 6.07) is 0. The maximum Gasteiger partial charge on any atom is 0.305 e. The smallest absolute Gasteiger partial charge is 0.305 e. The number of hydrogen-bond acceptors (Lipinski definition) is 4. The van der Waals surface area contributed by atoms with Gasteiger partial charge in [0.25, 0.3) is 0 Å². The van der Waals surface area contributed by atoms with Gasteiger partial charge >= 0.3 is 11.9 Å². The van der Waals surface area contributed by atoms with Gasteiger partial charge in [-0.25, -0.2) is 0 Å². The fourth-order valence-corrected chi connectivity index (χ4v) is 2.11. The van der Waals surface area contributed by atoms with Crippen LogP contribution in [0.25, 0.3) is 0 Å². The average molecular weight is 337 g/mol. The van der Waals surface area contributed by atoms with Crippen LogP contribution < -0.4 is 0 Å². The van der Waals surface area contributed by atoms with Gasteiger partial charge in [-0.3, -0.25) is 9.59 Å². The van der Waals surface area contributed by atoms with Crippen molar-refractivity contribution >= 4 is 41.5 Å². The van der Waals surface area contributed by atoms with Crippen LogP contribution in [0.15, 0.2) is 0 Å². The van der Waals surface area contributed by atoms with E-state index in [1.807, 2.05) is 0 Å². The van der Waals surface area contributed by atoms with Crippen LogP contribution in [-0.4, -0.2) is 54.7 Å². The molecule has 0 fully saturated rings. The van der Waals surface area contributed by atoms with E-state index in [0.29, 0.717) is 38.9 Å². The number of esters is 2. The van der Waals surface area contributed by atoms with Gasteiger partial charge in [0, 0.05) is 42.4 Å². The van der Waals surface area contributed by atoms with Gasteiger partial charge in [-0.15, -0.1) is 0 Å². The van der Waals surface area contributed by atoms with Crippen LogP contribution in [0.2, 0.25) is 0 Å². The number of carbonyl (C=O) groups excluding carboxylic acids is 2. The zero-order valence-electron chi connectivity index (χ0n) is 15.5. The van der Waals surface area contributed by atoms with Crippen LogP contribution in [0.3, 0.4) is 0 Å². The Morgan fingerprint density at radius 1 is 0.609 bits per heavy atom. The topological polar surface area (TPSA) is 52.6 Å². The van der Waals surface area contributed by atoms with E-state index in [-0.39, 0.29) is 41.5 Å². The molecule has 23 heavy (non-hydrogen) atoms. The third-order valence-corrected chi connectivity index (χ3v) is 3.53. The largest absolute Gasteiger partial charge is 0.466 e.